The second-order valence-corrected chi connectivity index (χ2v) is 5.35. The Morgan fingerprint density at radius 1 is 1.09 bits per heavy atom. The zero-order chi connectivity index (χ0) is 15.8. The number of nitrogens with one attached hydrogen (secondary N) is 1. The van der Waals surface area contributed by atoms with Crippen molar-refractivity contribution in [3.05, 3.63) is 65.7 Å². The van der Waals surface area contributed by atoms with Crippen LogP contribution >= 0.6 is 0 Å². The minimum atomic E-state index is -0.578. The van der Waals surface area contributed by atoms with Crippen molar-refractivity contribution in [2.45, 2.75) is 31.7 Å². The second-order valence-electron chi connectivity index (χ2n) is 5.35. The summed E-state index contributed by atoms with van der Waals surface area (Å²) in [5.74, 6) is 0.817. The highest BCUT2D eigenvalue weighted by Gasteiger charge is 2.14. The van der Waals surface area contributed by atoms with E-state index in [9.17, 15) is 5.11 Å². The number of benzene rings is 2. The quantitative estimate of drug-likeness (QED) is 0.653. The molecular formula is C18H24N2O2. The van der Waals surface area contributed by atoms with Gasteiger partial charge in [-0.05, 0) is 36.1 Å². The molecule has 4 nitrogen and oxygen atoms in total. The third kappa shape index (κ3) is 5.15. The third-order valence-electron chi connectivity index (χ3n) is 3.66. The predicted molar refractivity (Wildman–Crippen MR) is 88.6 cm³/mol. The molecule has 2 atom stereocenters. The summed E-state index contributed by atoms with van der Waals surface area (Å²) in [6.07, 6.45) is 0.424. The molecule has 118 valence electrons. The molecule has 4 N–H and O–H groups in total. The summed E-state index contributed by atoms with van der Waals surface area (Å²) in [5.41, 5.74) is 8.29. The zero-order valence-electron chi connectivity index (χ0n) is 12.9. The molecule has 0 radical (unpaired) electrons. The lowest BCUT2D eigenvalue weighted by molar-refractivity contribution is 0.120. The van der Waals surface area contributed by atoms with E-state index in [2.05, 4.69) is 17.4 Å². The van der Waals surface area contributed by atoms with Gasteiger partial charge in [-0.1, -0.05) is 42.5 Å². The van der Waals surface area contributed by atoms with Crippen molar-refractivity contribution >= 4 is 0 Å². The SMILES string of the molecule is COc1cccc(CNC(N)C(O)CCc2ccccc2)c1. The summed E-state index contributed by atoms with van der Waals surface area (Å²) >= 11 is 0. The van der Waals surface area contributed by atoms with E-state index in [1.165, 1.54) is 5.56 Å². The molecule has 0 aliphatic heterocycles. The van der Waals surface area contributed by atoms with Crippen LogP contribution in [0.2, 0.25) is 0 Å². The van der Waals surface area contributed by atoms with E-state index in [0.717, 1.165) is 17.7 Å². The van der Waals surface area contributed by atoms with E-state index in [-0.39, 0.29) is 0 Å². The van der Waals surface area contributed by atoms with Gasteiger partial charge in [-0.25, -0.2) is 0 Å². The van der Waals surface area contributed by atoms with E-state index in [1.807, 2.05) is 42.5 Å². The largest absolute Gasteiger partial charge is 0.497 e. The molecule has 4 heteroatoms. The van der Waals surface area contributed by atoms with Crippen molar-refractivity contribution in [3.63, 3.8) is 0 Å². The lowest BCUT2D eigenvalue weighted by Gasteiger charge is -2.20. The van der Waals surface area contributed by atoms with Crippen LogP contribution in [0.25, 0.3) is 0 Å². The predicted octanol–water partition coefficient (Wildman–Crippen LogP) is 2.06. The number of aliphatic hydroxyl groups excluding tert-OH is 1. The van der Waals surface area contributed by atoms with E-state index < -0.39 is 12.3 Å². The van der Waals surface area contributed by atoms with E-state index in [0.29, 0.717) is 13.0 Å². The molecule has 0 saturated heterocycles. The molecule has 0 saturated carbocycles. The van der Waals surface area contributed by atoms with Crippen LogP contribution in [-0.2, 0) is 13.0 Å². The second kappa shape index (κ2) is 8.54. The molecular weight excluding hydrogens is 276 g/mol. The van der Waals surface area contributed by atoms with Crippen molar-refractivity contribution in [1.82, 2.24) is 5.32 Å². The molecule has 2 aromatic rings. The van der Waals surface area contributed by atoms with Gasteiger partial charge in [0.1, 0.15) is 5.75 Å². The van der Waals surface area contributed by atoms with Crippen LogP contribution in [0.5, 0.6) is 5.75 Å². The molecule has 0 heterocycles. The molecule has 0 fully saturated rings. The number of aryl methyl sites for hydroxylation is 1. The van der Waals surface area contributed by atoms with Crippen LogP contribution in [0, 0.1) is 0 Å². The smallest absolute Gasteiger partial charge is 0.119 e. The van der Waals surface area contributed by atoms with Crippen molar-refractivity contribution < 1.29 is 9.84 Å². The number of ether oxygens (including phenoxy) is 1. The lowest BCUT2D eigenvalue weighted by atomic mass is 10.1. The molecule has 2 unspecified atom stereocenters. The van der Waals surface area contributed by atoms with Crippen LogP contribution in [0.1, 0.15) is 17.5 Å². The Bertz CT molecular complexity index is 560. The summed E-state index contributed by atoms with van der Waals surface area (Å²) in [4.78, 5) is 0. The molecule has 0 aliphatic rings. The highest BCUT2D eigenvalue weighted by Crippen LogP contribution is 2.12. The van der Waals surface area contributed by atoms with Gasteiger partial charge in [0.05, 0.1) is 19.4 Å². The Kier molecular flexibility index (Phi) is 6.40. The standard InChI is InChI=1S/C18H24N2O2/c1-22-16-9-5-8-15(12-16)13-20-18(19)17(21)11-10-14-6-3-2-4-7-14/h2-9,12,17-18,20-21H,10-11,13,19H2,1H3. The van der Waals surface area contributed by atoms with Gasteiger partial charge in [0.15, 0.2) is 0 Å². The van der Waals surface area contributed by atoms with Crippen LogP contribution in [-0.4, -0.2) is 24.5 Å². The van der Waals surface area contributed by atoms with E-state index in [4.69, 9.17) is 10.5 Å². The first-order valence-corrected chi connectivity index (χ1v) is 7.53. The van der Waals surface area contributed by atoms with Gasteiger partial charge in [0, 0.05) is 6.54 Å². The number of hydrogen-bond acceptors (Lipinski definition) is 4. The fourth-order valence-electron chi connectivity index (χ4n) is 2.29. The van der Waals surface area contributed by atoms with Crippen molar-refractivity contribution in [3.8, 4) is 5.75 Å². The van der Waals surface area contributed by atoms with Crippen molar-refractivity contribution in [2.24, 2.45) is 5.73 Å². The molecule has 0 amide bonds. The van der Waals surface area contributed by atoms with Crippen LogP contribution in [0.3, 0.4) is 0 Å². The number of rotatable bonds is 8. The third-order valence-corrected chi connectivity index (χ3v) is 3.66. The maximum absolute atomic E-state index is 10.1. The molecule has 2 aromatic carbocycles. The van der Waals surface area contributed by atoms with Crippen LogP contribution in [0.4, 0.5) is 0 Å². The maximum atomic E-state index is 10.1. The molecule has 0 aromatic heterocycles. The first-order chi connectivity index (χ1) is 10.7. The summed E-state index contributed by atoms with van der Waals surface area (Å²) in [6.45, 7) is 0.598. The minimum absolute atomic E-state index is 0.449. The van der Waals surface area contributed by atoms with E-state index >= 15 is 0 Å². The minimum Gasteiger partial charge on any atom is -0.497 e. The first kappa shape index (κ1) is 16.5. The van der Waals surface area contributed by atoms with Gasteiger partial charge in [-0.3, -0.25) is 5.32 Å². The highest BCUT2D eigenvalue weighted by molar-refractivity contribution is 5.28. The number of methoxy groups -OCH3 is 1. The van der Waals surface area contributed by atoms with Crippen LogP contribution in [0.15, 0.2) is 54.6 Å². The van der Waals surface area contributed by atoms with Gasteiger partial charge in [-0.2, -0.15) is 0 Å². The zero-order valence-corrected chi connectivity index (χ0v) is 12.9. The number of nitrogens with two attached hydrogens (primary N) is 1. The van der Waals surface area contributed by atoms with Crippen LogP contribution < -0.4 is 15.8 Å². The summed E-state index contributed by atoms with van der Waals surface area (Å²) in [7, 11) is 1.64. The van der Waals surface area contributed by atoms with Crippen molar-refractivity contribution in [1.29, 1.82) is 0 Å². The average Bonchev–Trinajstić information content (AvgIpc) is 2.58. The topological polar surface area (TPSA) is 67.5 Å². The average molecular weight is 300 g/mol. The van der Waals surface area contributed by atoms with Gasteiger partial charge in [-0.15, -0.1) is 0 Å². The molecule has 2 rings (SSSR count). The Balaban J connectivity index is 1.77. The number of hydrogen-bond donors (Lipinski definition) is 3. The highest BCUT2D eigenvalue weighted by atomic mass is 16.5. The Morgan fingerprint density at radius 2 is 1.82 bits per heavy atom. The summed E-state index contributed by atoms with van der Waals surface area (Å²) in [6, 6.07) is 17.9. The number of aliphatic hydroxyl groups is 1. The first-order valence-electron chi connectivity index (χ1n) is 7.53. The summed E-state index contributed by atoms with van der Waals surface area (Å²) < 4.78 is 5.19. The molecule has 22 heavy (non-hydrogen) atoms. The monoisotopic (exact) mass is 300 g/mol. The van der Waals surface area contributed by atoms with E-state index in [1.54, 1.807) is 7.11 Å². The lowest BCUT2D eigenvalue weighted by Crippen LogP contribution is -2.46. The fourth-order valence-corrected chi connectivity index (χ4v) is 2.29. The molecule has 0 bridgehead atoms. The van der Waals surface area contributed by atoms with Gasteiger partial charge in [0.25, 0.3) is 0 Å². The summed E-state index contributed by atoms with van der Waals surface area (Å²) in [5, 5.41) is 13.3. The Labute approximate surface area is 131 Å². The molecule has 0 spiro atoms. The van der Waals surface area contributed by atoms with Crippen molar-refractivity contribution in [2.75, 3.05) is 7.11 Å². The van der Waals surface area contributed by atoms with Gasteiger partial charge >= 0.3 is 0 Å². The molecule has 0 aliphatic carbocycles. The van der Waals surface area contributed by atoms with Gasteiger partial charge < -0.3 is 15.6 Å². The normalized spacial score (nSPS) is 13.6. The fraction of sp³-hybridized carbons (Fsp3) is 0.333. The maximum Gasteiger partial charge on any atom is 0.119 e. The van der Waals surface area contributed by atoms with Gasteiger partial charge in [0.2, 0.25) is 0 Å². The Hall–Kier alpha value is -1.88. The Morgan fingerprint density at radius 3 is 2.55 bits per heavy atom.